The molecule has 0 aromatic carbocycles. The lowest BCUT2D eigenvalue weighted by atomic mass is 9.88. The Morgan fingerprint density at radius 3 is 2.45 bits per heavy atom. The first kappa shape index (κ1) is 33.2. The number of nitrogens with one attached hydrogen (secondary N) is 3. The van der Waals surface area contributed by atoms with Crippen LogP contribution in [-0.4, -0.2) is 78.9 Å². The van der Waals surface area contributed by atoms with Crippen LogP contribution in [0.2, 0.25) is 0 Å². The van der Waals surface area contributed by atoms with E-state index in [9.17, 15) is 45.6 Å². The second kappa shape index (κ2) is 11.3. The predicted octanol–water partition coefficient (Wildman–Crippen LogP) is 5.01. The molecule has 2 aliphatic heterocycles. The molecule has 0 spiro atoms. The summed E-state index contributed by atoms with van der Waals surface area (Å²) in [7, 11) is -3.39. The lowest BCUT2D eigenvalue weighted by Crippen LogP contribution is -2.66. The Kier molecular flexibility index (Phi) is 8.55. The molecule has 44 heavy (non-hydrogen) atoms. The standard InChI is InChI=1S/C25H27F7N6O5S/c1-22(2)20(37-21(40)41)38-23(3,15-8-24(29,30)10-34-44(15,22)42)17-13(26)5-7-16(35-17)36-18(39)14-6-4-12(9-33-14)43-11-25(31,32)19(27)28/h4-7,9,15,19,34,42H,8,10-11H2,1-3H3,(H,37,38)(H,40,41)(H,35,36,39)/t15-,23+/m1/s1. The Bertz CT molecular complexity index is 1480. The number of carbonyl (C=O) groups excluding carboxylic acids is 1. The van der Waals surface area contributed by atoms with E-state index in [1.54, 1.807) is 0 Å². The molecule has 0 aliphatic carbocycles. The highest BCUT2D eigenvalue weighted by molar-refractivity contribution is 8.29. The van der Waals surface area contributed by atoms with Crippen LogP contribution in [0, 0.1) is 5.82 Å². The summed E-state index contributed by atoms with van der Waals surface area (Å²) in [5, 5.41) is 12.3. The third kappa shape index (κ3) is 6.12. The van der Waals surface area contributed by atoms with Crippen LogP contribution < -0.4 is 20.1 Å². The van der Waals surface area contributed by atoms with Crippen molar-refractivity contribution in [2.75, 3.05) is 18.5 Å². The number of aliphatic imine (C=N–C) groups is 1. The topological polar surface area (TPSA) is 158 Å². The number of hydrogen-bond donors (Lipinski definition) is 5. The third-order valence-electron chi connectivity index (χ3n) is 7.28. The molecule has 3 atom stereocenters. The number of amidine groups is 1. The second-order valence-corrected chi connectivity index (χ2v) is 13.9. The minimum absolute atomic E-state index is 0.312. The molecule has 5 N–H and O–H groups in total. The lowest BCUT2D eigenvalue weighted by molar-refractivity contribution is -0.148. The largest absolute Gasteiger partial charge is 0.485 e. The van der Waals surface area contributed by atoms with E-state index < -0.39 is 87.4 Å². The van der Waals surface area contributed by atoms with Crippen LogP contribution >= 0.6 is 10.5 Å². The van der Waals surface area contributed by atoms with Gasteiger partial charge in [-0.15, -0.1) is 0 Å². The summed E-state index contributed by atoms with van der Waals surface area (Å²) >= 11 is 0. The van der Waals surface area contributed by atoms with Crippen molar-refractivity contribution in [1.82, 2.24) is 20.0 Å². The van der Waals surface area contributed by atoms with Gasteiger partial charge in [-0.1, -0.05) is 10.5 Å². The molecule has 2 aromatic heterocycles. The number of ether oxygens (including phenoxy) is 1. The van der Waals surface area contributed by atoms with Crippen LogP contribution in [0.1, 0.15) is 43.4 Å². The fraction of sp³-hybridized carbons (Fsp3) is 0.480. The number of aromatic nitrogens is 2. The highest BCUT2D eigenvalue weighted by atomic mass is 32.3. The third-order valence-corrected chi connectivity index (χ3v) is 11.1. The monoisotopic (exact) mass is 656 g/mol. The maximum atomic E-state index is 15.4. The molecular formula is C25H27F7N6O5S. The Morgan fingerprint density at radius 1 is 1.18 bits per heavy atom. The molecule has 2 aromatic rings. The van der Waals surface area contributed by atoms with E-state index >= 15 is 4.39 Å². The van der Waals surface area contributed by atoms with Gasteiger partial charge in [0, 0.05) is 6.42 Å². The number of anilines is 1. The SMILES string of the molecule is CC1(C)C(NC(=O)O)=N[C@](C)(c2nc(NC(=O)c3ccc(OCC(F)(F)C(F)F)cn3)ccc2F)[C@H]2CC(F)(F)CN[S@@]21O. The van der Waals surface area contributed by atoms with Gasteiger partial charge >= 0.3 is 18.4 Å². The number of halogens is 7. The average Bonchev–Trinajstić information content (AvgIpc) is 2.93. The van der Waals surface area contributed by atoms with Crippen LogP contribution in [-0.2, 0) is 5.54 Å². The Hall–Kier alpha value is -3.71. The minimum atomic E-state index is -4.41. The first-order valence-corrected chi connectivity index (χ1v) is 14.4. The molecule has 1 saturated heterocycles. The predicted molar refractivity (Wildman–Crippen MR) is 144 cm³/mol. The summed E-state index contributed by atoms with van der Waals surface area (Å²) in [4.78, 5) is 36.5. The zero-order valence-electron chi connectivity index (χ0n) is 23.2. The van der Waals surface area contributed by atoms with E-state index in [0.29, 0.717) is 0 Å². The molecule has 0 saturated carbocycles. The molecule has 19 heteroatoms. The smallest absolute Gasteiger partial charge is 0.410 e. The summed E-state index contributed by atoms with van der Waals surface area (Å²) in [6, 6.07) is 3.93. The molecule has 0 bridgehead atoms. The van der Waals surface area contributed by atoms with E-state index in [4.69, 9.17) is 0 Å². The summed E-state index contributed by atoms with van der Waals surface area (Å²) < 4.78 is 113. The molecule has 4 heterocycles. The molecule has 2 aliphatic rings. The fourth-order valence-electron chi connectivity index (χ4n) is 4.81. The first-order valence-electron chi connectivity index (χ1n) is 12.7. The number of carbonyl (C=O) groups is 2. The van der Waals surface area contributed by atoms with E-state index in [2.05, 4.69) is 35.1 Å². The maximum Gasteiger partial charge on any atom is 0.410 e. The fourth-order valence-corrected chi connectivity index (χ4v) is 8.22. The maximum absolute atomic E-state index is 15.4. The van der Waals surface area contributed by atoms with Crippen LogP contribution in [0.15, 0.2) is 35.5 Å². The number of hydrogen-bond acceptors (Lipinski definition) is 8. The summed E-state index contributed by atoms with van der Waals surface area (Å²) in [6.45, 7) is 1.48. The second-order valence-electron chi connectivity index (χ2n) is 10.8. The van der Waals surface area contributed by atoms with Crippen molar-refractivity contribution >= 4 is 34.1 Å². The lowest BCUT2D eigenvalue weighted by Gasteiger charge is -2.62. The van der Waals surface area contributed by atoms with Gasteiger partial charge in [-0.25, -0.2) is 36.7 Å². The van der Waals surface area contributed by atoms with Gasteiger partial charge < -0.3 is 19.7 Å². The number of carboxylic acid groups (broad SMARTS) is 1. The summed E-state index contributed by atoms with van der Waals surface area (Å²) in [5.74, 6) is -10.7. The van der Waals surface area contributed by atoms with Gasteiger partial charge in [0.25, 0.3) is 11.8 Å². The molecule has 0 unspecified atom stereocenters. The van der Waals surface area contributed by atoms with Gasteiger partial charge in [0.2, 0.25) is 0 Å². The number of pyridine rings is 2. The normalized spacial score (nSPS) is 25.9. The number of alkyl halides is 6. The number of nitrogens with zero attached hydrogens (tertiary/aromatic N) is 3. The van der Waals surface area contributed by atoms with Gasteiger partial charge in [0.05, 0.1) is 22.7 Å². The van der Waals surface area contributed by atoms with Crippen molar-refractivity contribution < 1.29 is 54.7 Å². The van der Waals surface area contributed by atoms with E-state index in [-0.39, 0.29) is 23.1 Å². The van der Waals surface area contributed by atoms with Gasteiger partial charge in [-0.3, -0.25) is 19.8 Å². The molecule has 2 amide bonds. The number of rotatable bonds is 7. The zero-order chi connectivity index (χ0) is 32.9. The quantitative estimate of drug-likeness (QED) is 0.260. The Morgan fingerprint density at radius 2 is 1.86 bits per heavy atom. The van der Waals surface area contributed by atoms with Gasteiger partial charge in [-0.05, 0) is 45.0 Å². The Balaban J connectivity index is 1.66. The van der Waals surface area contributed by atoms with E-state index in [0.717, 1.165) is 30.5 Å². The average molecular weight is 657 g/mol. The molecule has 1 fully saturated rings. The van der Waals surface area contributed by atoms with E-state index in [1.807, 2.05) is 0 Å². The van der Waals surface area contributed by atoms with Crippen LogP contribution in [0.3, 0.4) is 0 Å². The summed E-state index contributed by atoms with van der Waals surface area (Å²) in [5.41, 5.74) is -2.98. The van der Waals surface area contributed by atoms with Crippen molar-refractivity contribution in [3.63, 3.8) is 0 Å². The van der Waals surface area contributed by atoms with Crippen molar-refractivity contribution in [3.8, 4) is 5.75 Å². The van der Waals surface area contributed by atoms with Crippen molar-refractivity contribution in [2.45, 2.75) is 61.0 Å². The summed E-state index contributed by atoms with van der Waals surface area (Å²) in [6.07, 6.45) is -5.64. The highest BCUT2D eigenvalue weighted by Gasteiger charge is 2.64. The van der Waals surface area contributed by atoms with Gasteiger partial charge in [0.1, 0.15) is 40.1 Å². The first-order chi connectivity index (χ1) is 20.2. The molecule has 242 valence electrons. The van der Waals surface area contributed by atoms with Gasteiger partial charge in [-0.2, -0.15) is 8.78 Å². The molecule has 11 nitrogen and oxygen atoms in total. The van der Waals surface area contributed by atoms with Crippen LogP contribution in [0.25, 0.3) is 0 Å². The molecule has 4 rings (SSSR count). The van der Waals surface area contributed by atoms with Crippen molar-refractivity contribution in [1.29, 1.82) is 0 Å². The zero-order valence-corrected chi connectivity index (χ0v) is 24.0. The highest BCUT2D eigenvalue weighted by Crippen LogP contribution is 2.68. The molecular weight excluding hydrogens is 629 g/mol. The molecule has 0 radical (unpaired) electrons. The van der Waals surface area contributed by atoms with Crippen LogP contribution in [0.5, 0.6) is 5.75 Å². The number of amides is 2. The van der Waals surface area contributed by atoms with Crippen molar-refractivity contribution in [3.05, 3.63) is 47.7 Å². The Labute approximate surface area is 247 Å². The van der Waals surface area contributed by atoms with Crippen molar-refractivity contribution in [2.24, 2.45) is 4.99 Å². The van der Waals surface area contributed by atoms with Crippen LogP contribution in [0.4, 0.5) is 41.3 Å². The number of fused-ring (bicyclic) bond motifs is 1. The van der Waals surface area contributed by atoms with Gasteiger partial charge in [0.15, 0.2) is 6.61 Å². The minimum Gasteiger partial charge on any atom is -0.485 e. The van der Waals surface area contributed by atoms with E-state index in [1.165, 1.54) is 20.8 Å².